The van der Waals surface area contributed by atoms with Crippen molar-refractivity contribution in [1.29, 1.82) is 0 Å². The minimum atomic E-state index is 0.364. The molecular formula is C13H23N3. The molecule has 1 heterocycles. The molecule has 3 heteroatoms. The monoisotopic (exact) mass is 221 g/mol. The van der Waals surface area contributed by atoms with Crippen molar-refractivity contribution in [3.8, 4) is 0 Å². The molecule has 0 saturated carbocycles. The van der Waals surface area contributed by atoms with E-state index < -0.39 is 0 Å². The molecule has 0 saturated heterocycles. The van der Waals surface area contributed by atoms with E-state index in [9.17, 15) is 0 Å². The van der Waals surface area contributed by atoms with Crippen LogP contribution in [0.5, 0.6) is 0 Å². The second-order valence-electron chi connectivity index (χ2n) is 4.33. The van der Waals surface area contributed by atoms with Crippen LogP contribution in [0.1, 0.15) is 51.8 Å². The third kappa shape index (κ3) is 3.89. The quantitative estimate of drug-likeness (QED) is 0.769. The molecule has 90 valence electrons. The van der Waals surface area contributed by atoms with Gasteiger partial charge in [-0.15, -0.1) is 0 Å². The average molecular weight is 221 g/mol. The molecule has 1 rings (SSSR count). The Morgan fingerprint density at radius 1 is 1.31 bits per heavy atom. The van der Waals surface area contributed by atoms with Crippen molar-refractivity contribution in [2.45, 2.75) is 46.1 Å². The van der Waals surface area contributed by atoms with Crippen molar-refractivity contribution < 1.29 is 0 Å². The molecule has 2 unspecified atom stereocenters. The molecule has 0 bridgehead atoms. The maximum Gasteiger partial charge on any atom is 0.115 e. The van der Waals surface area contributed by atoms with Crippen molar-refractivity contribution in [2.24, 2.45) is 5.92 Å². The van der Waals surface area contributed by atoms with Crippen LogP contribution in [0.25, 0.3) is 0 Å². The molecule has 0 amide bonds. The van der Waals surface area contributed by atoms with Crippen molar-refractivity contribution in [3.05, 3.63) is 24.3 Å². The van der Waals surface area contributed by atoms with Crippen molar-refractivity contribution >= 4 is 0 Å². The summed E-state index contributed by atoms with van der Waals surface area (Å²) in [6.45, 7) is 7.75. The Morgan fingerprint density at radius 3 is 2.69 bits per heavy atom. The molecule has 3 nitrogen and oxygen atoms in total. The fourth-order valence-corrected chi connectivity index (χ4v) is 2.00. The van der Waals surface area contributed by atoms with E-state index in [1.54, 1.807) is 6.33 Å². The van der Waals surface area contributed by atoms with Crippen LogP contribution >= 0.6 is 0 Å². The van der Waals surface area contributed by atoms with Crippen molar-refractivity contribution in [2.75, 3.05) is 6.54 Å². The van der Waals surface area contributed by atoms with Gasteiger partial charge in [0, 0.05) is 6.20 Å². The summed E-state index contributed by atoms with van der Waals surface area (Å²) in [5, 5.41) is 3.58. The standard InChI is InChI=1S/C13H23N3/c1-4-6-11(3)13(15-8-5-2)12-7-9-14-10-16-12/h7,9-11,13,15H,4-6,8H2,1-3H3. The Balaban J connectivity index is 2.70. The number of nitrogens with zero attached hydrogens (tertiary/aromatic N) is 2. The fourth-order valence-electron chi connectivity index (χ4n) is 2.00. The summed E-state index contributed by atoms with van der Waals surface area (Å²) in [4.78, 5) is 8.34. The Hall–Kier alpha value is -0.960. The minimum absolute atomic E-state index is 0.364. The van der Waals surface area contributed by atoms with Gasteiger partial charge in [-0.05, 0) is 31.4 Å². The topological polar surface area (TPSA) is 37.8 Å². The van der Waals surface area contributed by atoms with E-state index in [1.165, 1.54) is 12.8 Å². The third-order valence-electron chi connectivity index (χ3n) is 2.85. The molecular weight excluding hydrogens is 198 g/mol. The van der Waals surface area contributed by atoms with E-state index in [0.29, 0.717) is 12.0 Å². The summed E-state index contributed by atoms with van der Waals surface area (Å²) in [7, 11) is 0. The second kappa shape index (κ2) is 7.34. The van der Waals surface area contributed by atoms with Gasteiger partial charge in [0.2, 0.25) is 0 Å². The van der Waals surface area contributed by atoms with Crippen LogP contribution in [0.4, 0.5) is 0 Å². The van der Waals surface area contributed by atoms with E-state index in [4.69, 9.17) is 0 Å². The number of rotatable bonds is 7. The molecule has 0 spiro atoms. The second-order valence-corrected chi connectivity index (χ2v) is 4.33. The highest BCUT2D eigenvalue weighted by Crippen LogP contribution is 2.23. The number of hydrogen-bond donors (Lipinski definition) is 1. The Morgan fingerprint density at radius 2 is 2.12 bits per heavy atom. The van der Waals surface area contributed by atoms with Crippen LogP contribution in [0.15, 0.2) is 18.6 Å². The van der Waals surface area contributed by atoms with Gasteiger partial charge in [0.25, 0.3) is 0 Å². The van der Waals surface area contributed by atoms with E-state index in [1.807, 2.05) is 12.3 Å². The summed E-state index contributed by atoms with van der Waals surface area (Å²) >= 11 is 0. The van der Waals surface area contributed by atoms with Crippen LogP contribution in [-0.2, 0) is 0 Å². The number of aromatic nitrogens is 2. The molecule has 1 aromatic rings. The fraction of sp³-hybridized carbons (Fsp3) is 0.692. The summed E-state index contributed by atoms with van der Waals surface area (Å²) < 4.78 is 0. The van der Waals surface area contributed by atoms with Gasteiger partial charge in [0.05, 0.1) is 11.7 Å². The Kier molecular flexibility index (Phi) is 6.01. The zero-order valence-electron chi connectivity index (χ0n) is 10.6. The maximum absolute atomic E-state index is 4.36. The van der Waals surface area contributed by atoms with Gasteiger partial charge in [0.1, 0.15) is 6.33 Å². The van der Waals surface area contributed by atoms with E-state index in [-0.39, 0.29) is 0 Å². The normalized spacial score (nSPS) is 14.7. The number of nitrogens with one attached hydrogen (secondary N) is 1. The highest BCUT2D eigenvalue weighted by molar-refractivity contribution is 5.06. The van der Waals surface area contributed by atoms with Crippen LogP contribution in [0.2, 0.25) is 0 Å². The lowest BCUT2D eigenvalue weighted by Gasteiger charge is -2.24. The molecule has 0 radical (unpaired) electrons. The Labute approximate surface area is 98.7 Å². The van der Waals surface area contributed by atoms with Crippen molar-refractivity contribution in [3.63, 3.8) is 0 Å². The van der Waals surface area contributed by atoms with E-state index >= 15 is 0 Å². The van der Waals surface area contributed by atoms with Gasteiger partial charge in [0.15, 0.2) is 0 Å². The highest BCUT2D eigenvalue weighted by atomic mass is 15.0. The number of hydrogen-bond acceptors (Lipinski definition) is 3. The summed E-state index contributed by atoms with van der Waals surface area (Å²) in [5.41, 5.74) is 1.12. The summed E-state index contributed by atoms with van der Waals surface area (Å²) in [6, 6.07) is 2.38. The molecule has 2 atom stereocenters. The lowest BCUT2D eigenvalue weighted by molar-refractivity contribution is 0.356. The first-order chi connectivity index (χ1) is 7.79. The average Bonchev–Trinajstić information content (AvgIpc) is 2.31. The molecule has 0 aliphatic heterocycles. The van der Waals surface area contributed by atoms with Crippen LogP contribution in [0, 0.1) is 5.92 Å². The zero-order valence-corrected chi connectivity index (χ0v) is 10.6. The molecule has 0 fully saturated rings. The van der Waals surface area contributed by atoms with Gasteiger partial charge in [-0.3, -0.25) is 0 Å². The van der Waals surface area contributed by atoms with E-state index in [2.05, 4.69) is 36.1 Å². The molecule has 0 aliphatic carbocycles. The van der Waals surface area contributed by atoms with E-state index in [0.717, 1.165) is 18.7 Å². The first-order valence-electron chi connectivity index (χ1n) is 6.28. The van der Waals surface area contributed by atoms with Crippen molar-refractivity contribution in [1.82, 2.24) is 15.3 Å². The predicted molar refractivity (Wildman–Crippen MR) is 67.1 cm³/mol. The lowest BCUT2D eigenvalue weighted by atomic mass is 9.94. The smallest absolute Gasteiger partial charge is 0.115 e. The molecule has 1 N–H and O–H groups in total. The highest BCUT2D eigenvalue weighted by Gasteiger charge is 2.18. The van der Waals surface area contributed by atoms with Gasteiger partial charge >= 0.3 is 0 Å². The first kappa shape index (κ1) is 13.1. The lowest BCUT2D eigenvalue weighted by Crippen LogP contribution is -2.28. The molecule has 0 aliphatic rings. The Bertz CT molecular complexity index is 274. The summed E-state index contributed by atoms with van der Waals surface area (Å²) in [6.07, 6.45) is 7.05. The van der Waals surface area contributed by atoms with Crippen LogP contribution < -0.4 is 5.32 Å². The predicted octanol–water partition coefficient (Wildman–Crippen LogP) is 2.95. The molecule has 16 heavy (non-hydrogen) atoms. The van der Waals surface area contributed by atoms with Gasteiger partial charge in [-0.25, -0.2) is 9.97 Å². The van der Waals surface area contributed by atoms with Crippen LogP contribution in [-0.4, -0.2) is 16.5 Å². The molecule has 1 aromatic heterocycles. The first-order valence-corrected chi connectivity index (χ1v) is 6.28. The zero-order chi connectivity index (χ0) is 11.8. The SMILES string of the molecule is CCCNC(c1ccncn1)C(C)CCC. The minimum Gasteiger partial charge on any atom is -0.308 e. The third-order valence-corrected chi connectivity index (χ3v) is 2.85. The van der Waals surface area contributed by atoms with Gasteiger partial charge in [-0.1, -0.05) is 27.2 Å². The maximum atomic E-state index is 4.36. The summed E-state index contributed by atoms with van der Waals surface area (Å²) in [5.74, 6) is 0.617. The van der Waals surface area contributed by atoms with Gasteiger partial charge in [-0.2, -0.15) is 0 Å². The largest absolute Gasteiger partial charge is 0.308 e. The molecule has 0 aromatic carbocycles. The van der Waals surface area contributed by atoms with Crippen LogP contribution in [0.3, 0.4) is 0 Å². The van der Waals surface area contributed by atoms with Gasteiger partial charge < -0.3 is 5.32 Å².